The van der Waals surface area contributed by atoms with Crippen molar-refractivity contribution in [2.24, 2.45) is 10.9 Å². The average Bonchev–Trinajstić information content (AvgIpc) is 3.87. The van der Waals surface area contributed by atoms with Crippen molar-refractivity contribution in [2.75, 3.05) is 22.2 Å². The second-order valence-corrected chi connectivity index (χ2v) is 19.4. The molecule has 4 atom stereocenters. The number of nitrogens with one attached hydrogen (secondary N) is 2. The smallest absolute Gasteiger partial charge is 0.261 e. The van der Waals surface area contributed by atoms with Crippen LogP contribution in [0.15, 0.2) is 96.0 Å². The van der Waals surface area contributed by atoms with Gasteiger partial charge in [0.1, 0.15) is 24.7 Å². The second-order valence-electron chi connectivity index (χ2n) is 19.4. The third-order valence-corrected chi connectivity index (χ3v) is 14.2. The number of rotatable bonds is 19. The normalized spacial score (nSPS) is 17.0. The topological polar surface area (TPSA) is 173 Å². The summed E-state index contributed by atoms with van der Waals surface area (Å²) >= 11 is 0. The number of benzene rings is 5. The van der Waals surface area contributed by atoms with Crippen molar-refractivity contribution >= 4 is 64.2 Å². The van der Waals surface area contributed by atoms with Crippen LogP contribution in [0.3, 0.4) is 0 Å². The molecule has 2 N–H and O–H groups in total. The minimum Gasteiger partial charge on any atom is -0.493 e. The lowest BCUT2D eigenvalue weighted by Gasteiger charge is -2.23. The molecule has 0 radical (unpaired) electrons. The molecule has 0 unspecified atom stereocenters. The molecule has 4 heterocycles. The lowest BCUT2D eigenvalue weighted by molar-refractivity contribution is -0.129. The molecule has 5 aromatic carbocycles. The van der Waals surface area contributed by atoms with Gasteiger partial charge in [-0.3, -0.25) is 38.7 Å². The van der Waals surface area contributed by atoms with Crippen LogP contribution in [0.1, 0.15) is 120 Å². The number of hydrogen-bond acceptors (Lipinski definition) is 10. The first-order valence-corrected chi connectivity index (χ1v) is 25.0. The molecule has 4 aliphatic rings. The highest BCUT2D eigenvalue weighted by Gasteiger charge is 2.38. The van der Waals surface area contributed by atoms with Crippen molar-refractivity contribution < 1.29 is 43.0 Å². The molecule has 14 heteroatoms. The molecule has 72 heavy (non-hydrogen) atoms. The van der Waals surface area contributed by atoms with E-state index in [1.165, 1.54) is 5.56 Å². The number of amides is 4. The fourth-order valence-electron chi connectivity index (χ4n) is 10.2. The van der Waals surface area contributed by atoms with E-state index in [4.69, 9.17) is 19.2 Å². The van der Waals surface area contributed by atoms with Crippen LogP contribution < -0.4 is 34.6 Å². The van der Waals surface area contributed by atoms with E-state index in [0.29, 0.717) is 89.4 Å². The summed E-state index contributed by atoms with van der Waals surface area (Å²) in [7, 11) is 1.55. The van der Waals surface area contributed by atoms with Crippen LogP contribution in [-0.4, -0.2) is 66.6 Å². The average molecular weight is 972 g/mol. The minimum atomic E-state index is -0.791. The lowest BCUT2D eigenvalue weighted by atomic mass is 9.99. The Kier molecular flexibility index (Phi) is 14.7. The molecule has 0 spiro atoms. The molecule has 5 aromatic rings. The third kappa shape index (κ3) is 10.5. The van der Waals surface area contributed by atoms with Gasteiger partial charge < -0.3 is 29.7 Å². The van der Waals surface area contributed by atoms with Gasteiger partial charge in [0.05, 0.1) is 30.4 Å². The number of ketones is 2. The van der Waals surface area contributed by atoms with Gasteiger partial charge in [0.15, 0.2) is 17.3 Å². The Labute approximate surface area is 420 Å². The van der Waals surface area contributed by atoms with Gasteiger partial charge in [-0.1, -0.05) is 50.2 Å². The molecule has 4 aliphatic heterocycles. The van der Waals surface area contributed by atoms with Crippen LogP contribution in [0, 0.1) is 12.8 Å². The summed E-state index contributed by atoms with van der Waals surface area (Å²) in [6, 6.07) is 27.9. The zero-order valence-electron chi connectivity index (χ0n) is 41.5. The number of carbonyl (C=O) groups is 6. The number of hydrogen-bond donors (Lipinski definition) is 2. The molecule has 0 saturated heterocycles. The number of methoxy groups -OCH3 is 1. The monoisotopic (exact) mass is 971 g/mol. The minimum absolute atomic E-state index is 0.0619. The molecule has 4 amide bonds. The number of para-hydroxylation sites is 2. The van der Waals surface area contributed by atoms with Crippen LogP contribution in [0.5, 0.6) is 17.2 Å². The van der Waals surface area contributed by atoms with Crippen molar-refractivity contribution in [2.45, 2.75) is 123 Å². The largest absolute Gasteiger partial charge is 0.493 e. The fraction of sp³-hybridized carbons (Fsp3) is 0.362. The first-order chi connectivity index (χ1) is 34.8. The quantitative estimate of drug-likeness (QED) is 0.0765. The molecule has 0 aromatic heterocycles. The Morgan fingerprint density at radius 3 is 2.14 bits per heavy atom. The van der Waals surface area contributed by atoms with E-state index >= 15 is 0 Å². The maximum atomic E-state index is 14.1. The molecule has 0 aliphatic carbocycles. The number of ether oxygens (including phenoxy) is 3. The highest BCUT2D eigenvalue weighted by molar-refractivity contribution is 6.15. The van der Waals surface area contributed by atoms with Crippen LogP contribution in [0.2, 0.25) is 0 Å². The zero-order chi connectivity index (χ0) is 50.6. The van der Waals surface area contributed by atoms with Gasteiger partial charge >= 0.3 is 0 Å². The predicted octanol–water partition coefficient (Wildman–Crippen LogP) is 9.54. The number of aryl methyl sites for hydroxylation is 2. The molecule has 0 bridgehead atoms. The van der Waals surface area contributed by atoms with Crippen LogP contribution in [-0.2, 0) is 51.7 Å². The summed E-state index contributed by atoms with van der Waals surface area (Å²) in [6.07, 6.45) is 6.96. The highest BCUT2D eigenvalue weighted by Crippen LogP contribution is 2.42. The van der Waals surface area contributed by atoms with Gasteiger partial charge in [-0.15, -0.1) is 0 Å². The van der Waals surface area contributed by atoms with E-state index in [1.807, 2.05) is 90.5 Å². The van der Waals surface area contributed by atoms with E-state index in [2.05, 4.69) is 16.7 Å². The first-order valence-electron chi connectivity index (χ1n) is 25.0. The highest BCUT2D eigenvalue weighted by atomic mass is 16.5. The summed E-state index contributed by atoms with van der Waals surface area (Å²) in [5.41, 5.74) is 9.19. The van der Waals surface area contributed by atoms with Crippen molar-refractivity contribution in [1.82, 2.24) is 5.32 Å². The SMILES string of the molecule is CCC(=O)CCCCC(=O)N[C@H](C)C(=O)C[C@@H](C)C(=O)Nc1cc(COc2cc3c(cc2C)C(=O)N2c4ccccc4C[C@H]2C=N3)cc(COc2cc3c(cc2OC)C(=O)N2c4ccccc4C[C@H]2CC3)c1. The third-order valence-electron chi connectivity index (χ3n) is 14.2. The van der Waals surface area contributed by atoms with Crippen molar-refractivity contribution in [3.05, 3.63) is 136 Å². The van der Waals surface area contributed by atoms with Crippen LogP contribution in [0.25, 0.3) is 0 Å². The van der Waals surface area contributed by atoms with Gasteiger partial charge in [0.2, 0.25) is 11.8 Å². The number of anilines is 3. The lowest BCUT2D eigenvalue weighted by Crippen LogP contribution is -2.39. The molecule has 372 valence electrons. The Morgan fingerprint density at radius 1 is 0.750 bits per heavy atom. The summed E-state index contributed by atoms with van der Waals surface area (Å²) < 4.78 is 18.8. The molecule has 9 rings (SSSR count). The molecular weight excluding hydrogens is 911 g/mol. The summed E-state index contributed by atoms with van der Waals surface area (Å²) in [5.74, 6) is -0.275. The Hall–Kier alpha value is -7.61. The van der Waals surface area contributed by atoms with E-state index in [0.717, 1.165) is 40.9 Å². The van der Waals surface area contributed by atoms with Gasteiger partial charge in [0, 0.05) is 79.0 Å². The summed E-state index contributed by atoms with van der Waals surface area (Å²) in [5, 5.41) is 5.74. The fourth-order valence-corrected chi connectivity index (χ4v) is 10.2. The Bertz CT molecular complexity index is 3000. The van der Waals surface area contributed by atoms with E-state index in [9.17, 15) is 28.8 Å². The number of Topliss-reactive ketones (excluding diaryl/α,β-unsaturated/α-hetero) is 2. The molecule has 0 fully saturated rings. The van der Waals surface area contributed by atoms with Gasteiger partial charge in [-0.05, 0) is 128 Å². The first kappa shape index (κ1) is 49.4. The molecular formula is C58H61N5O9. The maximum Gasteiger partial charge on any atom is 0.261 e. The number of unbranched alkanes of at least 4 members (excludes halogenated alkanes) is 1. The summed E-state index contributed by atoms with van der Waals surface area (Å²) in [6.45, 7) is 7.13. The van der Waals surface area contributed by atoms with Crippen molar-refractivity contribution in [3.63, 3.8) is 0 Å². The van der Waals surface area contributed by atoms with E-state index in [-0.39, 0.29) is 73.3 Å². The van der Waals surface area contributed by atoms with Crippen LogP contribution in [0.4, 0.5) is 22.7 Å². The Balaban J connectivity index is 0.921. The van der Waals surface area contributed by atoms with Crippen molar-refractivity contribution in [3.8, 4) is 17.2 Å². The van der Waals surface area contributed by atoms with E-state index < -0.39 is 12.0 Å². The Morgan fingerprint density at radius 2 is 1.42 bits per heavy atom. The van der Waals surface area contributed by atoms with Crippen LogP contribution >= 0.6 is 0 Å². The molecule has 14 nitrogen and oxygen atoms in total. The van der Waals surface area contributed by atoms with Crippen molar-refractivity contribution in [1.29, 1.82) is 0 Å². The number of aliphatic imine (C=N–C) groups is 1. The number of carbonyl (C=O) groups excluding carboxylic acids is 6. The number of fused-ring (bicyclic) bond motifs is 8. The number of nitrogens with zero attached hydrogens (tertiary/aromatic N) is 3. The second kappa shape index (κ2) is 21.4. The molecule has 0 saturated carbocycles. The van der Waals surface area contributed by atoms with Gasteiger partial charge in [-0.25, -0.2) is 0 Å². The zero-order valence-corrected chi connectivity index (χ0v) is 41.5. The standard InChI is InChI=1S/C58H61N5O9/c1-6-45(64)15-9-12-18-55(66)60-36(4)51(65)22-35(3)56(67)61-42-24-37(32-71-52-30-48-47(21-34(52)2)58(69)63-44(31-59-48)27-41-14-8-11-17-50(41)63)23-38(25-42)33-72-54-28-39-19-20-43-26-40-13-7-10-16-49(40)62(43)57(68)46(39)29-53(54)70-5/h7-8,10-11,13-14,16-17,21,23-25,28-31,35-36,43-44H,6,9,12,15,18-20,22,26-27,32-33H2,1-5H3,(H,60,66)(H,61,67)/t35-,36-,43-,44+/m1/s1. The van der Waals surface area contributed by atoms with Gasteiger partial charge in [-0.2, -0.15) is 0 Å². The summed E-state index contributed by atoms with van der Waals surface area (Å²) in [4.78, 5) is 87.9. The maximum absolute atomic E-state index is 14.1. The van der Waals surface area contributed by atoms with Gasteiger partial charge in [0.25, 0.3) is 11.8 Å². The van der Waals surface area contributed by atoms with E-state index in [1.54, 1.807) is 45.2 Å². The predicted molar refractivity (Wildman–Crippen MR) is 276 cm³/mol.